The first-order valence-corrected chi connectivity index (χ1v) is 7.76. The Kier molecular flexibility index (Phi) is 4.77. The summed E-state index contributed by atoms with van der Waals surface area (Å²) in [5.41, 5.74) is 7.05. The van der Waals surface area contributed by atoms with Gasteiger partial charge in [0.05, 0.1) is 10.6 Å². The molecule has 0 saturated carbocycles. The number of halogens is 2. The number of rotatable bonds is 3. The first-order chi connectivity index (χ1) is 8.96. The van der Waals surface area contributed by atoms with Gasteiger partial charge in [-0.15, -0.1) is 0 Å². The quantitative estimate of drug-likeness (QED) is 0.882. The topological polar surface area (TPSA) is 41.3 Å². The Balaban J connectivity index is 2.16. The molecule has 3 N–H and O–H groups in total. The Morgan fingerprint density at radius 1 is 1.58 bits per heavy atom. The summed E-state index contributed by atoms with van der Waals surface area (Å²) in [4.78, 5) is 2.38. The van der Waals surface area contributed by atoms with E-state index in [-0.39, 0.29) is 5.54 Å². The van der Waals surface area contributed by atoms with Crippen LogP contribution in [0.4, 0.5) is 5.69 Å². The van der Waals surface area contributed by atoms with Crippen molar-refractivity contribution in [2.24, 2.45) is 5.73 Å². The number of nitrogens with zero attached hydrogens (tertiary/aromatic N) is 1. The summed E-state index contributed by atoms with van der Waals surface area (Å²) in [6, 6.07) is 6.49. The molecule has 0 radical (unpaired) electrons. The second kappa shape index (κ2) is 6.00. The molecular formula is C14H21BrClN3. The Morgan fingerprint density at radius 3 is 2.89 bits per heavy atom. The molecule has 106 valence electrons. The summed E-state index contributed by atoms with van der Waals surface area (Å²) in [6.45, 7) is 3.95. The van der Waals surface area contributed by atoms with Gasteiger partial charge in [-0.1, -0.05) is 11.6 Å². The van der Waals surface area contributed by atoms with E-state index in [0.717, 1.165) is 34.6 Å². The van der Waals surface area contributed by atoms with Gasteiger partial charge in [0.2, 0.25) is 0 Å². The van der Waals surface area contributed by atoms with Crippen LogP contribution in [-0.2, 0) is 0 Å². The fourth-order valence-electron chi connectivity index (χ4n) is 2.66. The lowest BCUT2D eigenvalue weighted by atomic mass is 9.83. The maximum Gasteiger partial charge on any atom is 0.0568 e. The first kappa shape index (κ1) is 15.1. The average molecular weight is 347 g/mol. The van der Waals surface area contributed by atoms with Crippen molar-refractivity contribution in [3.05, 3.63) is 27.7 Å². The second-order valence-electron chi connectivity index (χ2n) is 5.52. The van der Waals surface area contributed by atoms with Crippen LogP contribution in [0, 0.1) is 0 Å². The fraction of sp³-hybridized carbons (Fsp3) is 0.571. The third kappa shape index (κ3) is 3.43. The van der Waals surface area contributed by atoms with Crippen molar-refractivity contribution in [2.45, 2.75) is 31.3 Å². The number of nitrogens with two attached hydrogens (primary N) is 1. The number of piperidine rings is 1. The van der Waals surface area contributed by atoms with Gasteiger partial charge < -0.3 is 16.0 Å². The zero-order valence-corrected chi connectivity index (χ0v) is 13.8. The normalized spacial score (nSPS) is 28.4. The molecule has 0 spiro atoms. The minimum Gasteiger partial charge on any atom is -0.378 e. The van der Waals surface area contributed by atoms with Crippen molar-refractivity contribution in [3.8, 4) is 0 Å². The molecule has 19 heavy (non-hydrogen) atoms. The number of nitrogens with one attached hydrogen (secondary N) is 1. The summed E-state index contributed by atoms with van der Waals surface area (Å²) in [7, 11) is 2.17. The van der Waals surface area contributed by atoms with Crippen LogP contribution in [0.15, 0.2) is 22.7 Å². The molecule has 1 aromatic carbocycles. The first-order valence-electron chi connectivity index (χ1n) is 6.59. The van der Waals surface area contributed by atoms with Crippen LogP contribution in [0.1, 0.15) is 19.8 Å². The highest BCUT2D eigenvalue weighted by Crippen LogP contribution is 2.32. The van der Waals surface area contributed by atoms with E-state index in [0.29, 0.717) is 12.6 Å². The largest absolute Gasteiger partial charge is 0.378 e. The molecular weight excluding hydrogens is 326 g/mol. The molecule has 2 atom stereocenters. The van der Waals surface area contributed by atoms with E-state index in [4.69, 9.17) is 17.3 Å². The van der Waals surface area contributed by atoms with E-state index in [2.05, 4.69) is 40.1 Å². The number of hydrogen-bond acceptors (Lipinski definition) is 3. The summed E-state index contributed by atoms with van der Waals surface area (Å²) in [5, 5.41) is 4.33. The van der Waals surface area contributed by atoms with Crippen LogP contribution in [0.3, 0.4) is 0 Å². The van der Waals surface area contributed by atoms with Crippen LogP contribution >= 0.6 is 27.5 Å². The molecule has 0 bridgehead atoms. The molecule has 1 aliphatic rings. The minimum absolute atomic E-state index is 0.0247. The summed E-state index contributed by atoms with van der Waals surface area (Å²) >= 11 is 9.56. The van der Waals surface area contributed by atoms with E-state index >= 15 is 0 Å². The predicted octanol–water partition coefficient (Wildman–Crippen LogP) is 3.33. The molecule has 1 heterocycles. The van der Waals surface area contributed by atoms with Gasteiger partial charge in [0.25, 0.3) is 0 Å². The van der Waals surface area contributed by atoms with Crippen LogP contribution in [0.5, 0.6) is 0 Å². The Morgan fingerprint density at radius 2 is 2.32 bits per heavy atom. The van der Waals surface area contributed by atoms with Gasteiger partial charge in [0.1, 0.15) is 0 Å². The molecule has 0 amide bonds. The predicted molar refractivity (Wildman–Crippen MR) is 85.9 cm³/mol. The second-order valence-corrected chi connectivity index (χ2v) is 6.78. The number of benzene rings is 1. The molecule has 0 aliphatic carbocycles. The molecule has 1 fully saturated rings. The molecule has 1 aromatic rings. The zero-order chi connectivity index (χ0) is 14.0. The summed E-state index contributed by atoms with van der Waals surface area (Å²) in [5.74, 6) is 0. The Hall–Kier alpha value is -0.290. The number of hydrogen-bond donors (Lipinski definition) is 2. The van der Waals surface area contributed by atoms with Crippen LogP contribution in [0.25, 0.3) is 0 Å². The van der Waals surface area contributed by atoms with Crippen LogP contribution in [0.2, 0.25) is 5.02 Å². The van der Waals surface area contributed by atoms with E-state index < -0.39 is 0 Å². The lowest BCUT2D eigenvalue weighted by molar-refractivity contribution is 0.147. The van der Waals surface area contributed by atoms with Gasteiger partial charge in [-0.25, -0.2) is 0 Å². The minimum atomic E-state index is -0.0247. The highest BCUT2D eigenvalue weighted by atomic mass is 79.9. The van der Waals surface area contributed by atoms with Crippen molar-refractivity contribution >= 4 is 33.2 Å². The average Bonchev–Trinajstić information content (AvgIpc) is 2.39. The number of likely N-dealkylation sites (tertiary alicyclic amines) is 1. The third-order valence-corrected chi connectivity index (χ3v) is 5.33. The summed E-state index contributed by atoms with van der Waals surface area (Å²) < 4.78 is 0.915. The maximum atomic E-state index is 6.15. The van der Waals surface area contributed by atoms with Crippen molar-refractivity contribution in [2.75, 3.05) is 25.5 Å². The SMILES string of the molecule is CC1CC(CN)(Nc2ccc(Br)c(Cl)c2)CCN1C. The van der Waals surface area contributed by atoms with Gasteiger partial charge in [0.15, 0.2) is 0 Å². The molecule has 1 saturated heterocycles. The van der Waals surface area contributed by atoms with E-state index in [1.54, 1.807) is 0 Å². The maximum absolute atomic E-state index is 6.15. The lowest BCUT2D eigenvalue weighted by Crippen LogP contribution is -2.55. The molecule has 0 aromatic heterocycles. The molecule has 1 aliphatic heterocycles. The zero-order valence-electron chi connectivity index (χ0n) is 11.4. The monoisotopic (exact) mass is 345 g/mol. The lowest BCUT2D eigenvalue weighted by Gasteiger charge is -2.45. The molecule has 3 nitrogen and oxygen atoms in total. The molecule has 5 heteroatoms. The Labute approximate surface area is 128 Å². The van der Waals surface area contributed by atoms with Crippen molar-refractivity contribution in [3.63, 3.8) is 0 Å². The van der Waals surface area contributed by atoms with Gasteiger partial charge in [-0.3, -0.25) is 0 Å². The summed E-state index contributed by atoms with van der Waals surface area (Å²) in [6.07, 6.45) is 2.10. The van der Waals surface area contributed by atoms with E-state index in [1.807, 2.05) is 18.2 Å². The van der Waals surface area contributed by atoms with Gasteiger partial charge in [-0.2, -0.15) is 0 Å². The van der Waals surface area contributed by atoms with Crippen LogP contribution in [-0.4, -0.2) is 36.6 Å². The van der Waals surface area contributed by atoms with Crippen molar-refractivity contribution in [1.82, 2.24) is 4.90 Å². The van der Waals surface area contributed by atoms with Gasteiger partial charge >= 0.3 is 0 Å². The van der Waals surface area contributed by atoms with Gasteiger partial charge in [0, 0.05) is 29.3 Å². The van der Waals surface area contributed by atoms with E-state index in [9.17, 15) is 0 Å². The Bertz CT molecular complexity index is 454. The highest BCUT2D eigenvalue weighted by molar-refractivity contribution is 9.10. The van der Waals surface area contributed by atoms with Crippen molar-refractivity contribution in [1.29, 1.82) is 0 Å². The fourth-order valence-corrected chi connectivity index (χ4v) is 3.09. The number of anilines is 1. The van der Waals surface area contributed by atoms with Gasteiger partial charge in [-0.05, 0) is 60.9 Å². The smallest absolute Gasteiger partial charge is 0.0568 e. The standard InChI is InChI=1S/C14H21BrClN3/c1-10-8-14(9-17,5-6-19(10)2)18-11-3-4-12(15)13(16)7-11/h3-4,7,10,18H,5-6,8-9,17H2,1-2H3. The molecule has 2 unspecified atom stereocenters. The highest BCUT2D eigenvalue weighted by Gasteiger charge is 2.35. The van der Waals surface area contributed by atoms with E-state index in [1.165, 1.54) is 0 Å². The van der Waals surface area contributed by atoms with Crippen LogP contribution < -0.4 is 11.1 Å². The van der Waals surface area contributed by atoms with Crippen molar-refractivity contribution < 1.29 is 0 Å². The molecule has 2 rings (SSSR count). The third-order valence-electron chi connectivity index (χ3n) is 4.10.